The summed E-state index contributed by atoms with van der Waals surface area (Å²) in [7, 11) is 0. The molecule has 2 aliphatic rings. The molecule has 1 spiro atoms. The number of carbonyl (C=O) groups excluding carboxylic acids is 2. The second-order valence-corrected chi connectivity index (χ2v) is 7.58. The molecule has 5 heteroatoms. The summed E-state index contributed by atoms with van der Waals surface area (Å²) < 4.78 is 13.1. The van der Waals surface area contributed by atoms with Crippen LogP contribution in [0.4, 0.5) is 4.39 Å². The van der Waals surface area contributed by atoms with Crippen LogP contribution in [-0.4, -0.2) is 41.2 Å². The standard InChI is InChI=1S/C22H23FN2O2/c23-19-9-7-17(8-10-19)15-24-13-4-11-22(21(24)27)12-14-25(16-22)20(26)18-5-2-1-3-6-18/h1-3,5-10H,4,11-16H2/t22-/m1/s1. The maximum atomic E-state index is 13.2. The Bertz CT molecular complexity index is 837. The molecule has 2 amide bonds. The van der Waals surface area contributed by atoms with E-state index in [0.717, 1.165) is 18.4 Å². The van der Waals surface area contributed by atoms with Crippen molar-refractivity contribution in [3.63, 3.8) is 0 Å². The maximum Gasteiger partial charge on any atom is 0.253 e. The molecule has 1 atom stereocenters. The van der Waals surface area contributed by atoms with Crippen molar-refractivity contribution in [2.75, 3.05) is 19.6 Å². The number of likely N-dealkylation sites (tertiary alicyclic amines) is 2. The molecule has 140 valence electrons. The molecule has 2 aromatic carbocycles. The Balaban J connectivity index is 1.47. The van der Waals surface area contributed by atoms with Crippen molar-refractivity contribution in [1.82, 2.24) is 9.80 Å². The van der Waals surface area contributed by atoms with E-state index in [1.165, 1.54) is 12.1 Å². The van der Waals surface area contributed by atoms with Gasteiger partial charge in [-0.15, -0.1) is 0 Å². The van der Waals surface area contributed by atoms with Crippen LogP contribution in [0, 0.1) is 11.2 Å². The molecule has 2 aliphatic heterocycles. The van der Waals surface area contributed by atoms with Gasteiger partial charge in [0.05, 0.1) is 5.41 Å². The molecule has 0 aromatic heterocycles. The topological polar surface area (TPSA) is 40.6 Å². The third-order valence-corrected chi connectivity index (χ3v) is 5.77. The van der Waals surface area contributed by atoms with Crippen molar-refractivity contribution in [1.29, 1.82) is 0 Å². The van der Waals surface area contributed by atoms with E-state index in [0.29, 0.717) is 38.2 Å². The first-order valence-corrected chi connectivity index (χ1v) is 9.46. The summed E-state index contributed by atoms with van der Waals surface area (Å²) >= 11 is 0. The molecule has 2 heterocycles. The number of rotatable bonds is 3. The third-order valence-electron chi connectivity index (χ3n) is 5.77. The number of halogens is 1. The molecule has 0 saturated carbocycles. The lowest BCUT2D eigenvalue weighted by Crippen LogP contribution is -2.50. The van der Waals surface area contributed by atoms with Gasteiger partial charge in [0.1, 0.15) is 5.82 Å². The van der Waals surface area contributed by atoms with Gasteiger partial charge in [-0.1, -0.05) is 30.3 Å². The van der Waals surface area contributed by atoms with Crippen LogP contribution in [0.5, 0.6) is 0 Å². The van der Waals surface area contributed by atoms with Gasteiger partial charge in [0, 0.05) is 31.7 Å². The van der Waals surface area contributed by atoms with Gasteiger partial charge in [-0.2, -0.15) is 0 Å². The van der Waals surface area contributed by atoms with Crippen LogP contribution in [0.2, 0.25) is 0 Å². The van der Waals surface area contributed by atoms with E-state index in [1.807, 2.05) is 40.1 Å². The van der Waals surface area contributed by atoms with Gasteiger partial charge in [-0.25, -0.2) is 4.39 Å². The highest BCUT2D eigenvalue weighted by Gasteiger charge is 2.49. The van der Waals surface area contributed by atoms with Gasteiger partial charge >= 0.3 is 0 Å². The van der Waals surface area contributed by atoms with E-state index in [4.69, 9.17) is 0 Å². The quantitative estimate of drug-likeness (QED) is 0.834. The zero-order valence-electron chi connectivity index (χ0n) is 15.2. The van der Waals surface area contributed by atoms with Gasteiger partial charge in [0.15, 0.2) is 0 Å². The maximum absolute atomic E-state index is 13.2. The summed E-state index contributed by atoms with van der Waals surface area (Å²) in [5.74, 6) is -0.150. The summed E-state index contributed by atoms with van der Waals surface area (Å²) in [5.41, 5.74) is 1.13. The molecule has 0 N–H and O–H groups in total. The Morgan fingerprint density at radius 2 is 1.74 bits per heavy atom. The monoisotopic (exact) mass is 366 g/mol. The SMILES string of the molecule is O=C(c1ccccc1)N1CC[C@]2(CCCN(Cc3ccc(F)cc3)C2=O)C1. The van der Waals surface area contributed by atoms with Crippen molar-refractivity contribution in [3.05, 3.63) is 71.5 Å². The number of carbonyl (C=O) groups is 2. The predicted molar refractivity (Wildman–Crippen MR) is 100 cm³/mol. The van der Waals surface area contributed by atoms with Gasteiger partial charge in [-0.05, 0) is 49.1 Å². The highest BCUT2D eigenvalue weighted by Crippen LogP contribution is 2.40. The average molecular weight is 366 g/mol. The summed E-state index contributed by atoms with van der Waals surface area (Å²) in [6.07, 6.45) is 2.47. The van der Waals surface area contributed by atoms with Gasteiger partial charge in [-0.3, -0.25) is 9.59 Å². The molecule has 0 bridgehead atoms. The number of piperidine rings is 1. The van der Waals surface area contributed by atoms with Crippen molar-refractivity contribution in [2.45, 2.75) is 25.8 Å². The molecule has 2 saturated heterocycles. The van der Waals surface area contributed by atoms with Gasteiger partial charge in [0.2, 0.25) is 5.91 Å². The minimum Gasteiger partial charge on any atom is -0.338 e. The Morgan fingerprint density at radius 1 is 1.00 bits per heavy atom. The highest BCUT2D eigenvalue weighted by molar-refractivity contribution is 5.95. The lowest BCUT2D eigenvalue weighted by Gasteiger charge is -2.39. The van der Waals surface area contributed by atoms with E-state index in [-0.39, 0.29) is 17.6 Å². The lowest BCUT2D eigenvalue weighted by molar-refractivity contribution is -0.146. The largest absolute Gasteiger partial charge is 0.338 e. The molecule has 0 unspecified atom stereocenters. The van der Waals surface area contributed by atoms with E-state index < -0.39 is 5.41 Å². The molecule has 0 radical (unpaired) electrons. The van der Waals surface area contributed by atoms with Crippen molar-refractivity contribution in [3.8, 4) is 0 Å². The van der Waals surface area contributed by atoms with Crippen LogP contribution < -0.4 is 0 Å². The Morgan fingerprint density at radius 3 is 2.48 bits per heavy atom. The zero-order chi connectivity index (χ0) is 18.9. The second kappa shape index (κ2) is 7.14. The van der Waals surface area contributed by atoms with Crippen LogP contribution in [0.1, 0.15) is 35.2 Å². The molecule has 4 nitrogen and oxygen atoms in total. The summed E-state index contributed by atoms with van der Waals surface area (Å²) in [6, 6.07) is 15.5. The van der Waals surface area contributed by atoms with E-state index in [2.05, 4.69) is 0 Å². The minimum absolute atomic E-state index is 0.00377. The first-order chi connectivity index (χ1) is 13.1. The Kier molecular flexibility index (Phi) is 4.68. The molecule has 2 fully saturated rings. The lowest BCUT2D eigenvalue weighted by atomic mass is 9.78. The van der Waals surface area contributed by atoms with E-state index in [9.17, 15) is 14.0 Å². The number of amides is 2. The molecular formula is C22H23FN2O2. The normalized spacial score (nSPS) is 22.5. The van der Waals surface area contributed by atoms with Crippen molar-refractivity contribution in [2.24, 2.45) is 5.41 Å². The molecule has 0 aliphatic carbocycles. The van der Waals surface area contributed by atoms with E-state index in [1.54, 1.807) is 12.1 Å². The number of hydrogen-bond donors (Lipinski definition) is 0. The van der Waals surface area contributed by atoms with Crippen molar-refractivity contribution >= 4 is 11.8 Å². The predicted octanol–water partition coefficient (Wildman–Crippen LogP) is 3.48. The summed E-state index contributed by atoms with van der Waals surface area (Å²) in [5, 5.41) is 0. The van der Waals surface area contributed by atoms with Crippen molar-refractivity contribution < 1.29 is 14.0 Å². The molecule has 27 heavy (non-hydrogen) atoms. The van der Waals surface area contributed by atoms with Crippen LogP contribution in [0.15, 0.2) is 54.6 Å². The first kappa shape index (κ1) is 17.7. The number of hydrogen-bond acceptors (Lipinski definition) is 2. The van der Waals surface area contributed by atoms with Gasteiger partial charge in [0.25, 0.3) is 5.91 Å². The number of nitrogens with zero attached hydrogens (tertiary/aromatic N) is 2. The van der Waals surface area contributed by atoms with Crippen LogP contribution in [0.3, 0.4) is 0 Å². The second-order valence-electron chi connectivity index (χ2n) is 7.58. The third kappa shape index (κ3) is 3.46. The fourth-order valence-electron chi connectivity index (χ4n) is 4.30. The summed E-state index contributed by atoms with van der Waals surface area (Å²) in [6.45, 7) is 2.31. The first-order valence-electron chi connectivity index (χ1n) is 9.46. The summed E-state index contributed by atoms with van der Waals surface area (Å²) in [4.78, 5) is 29.7. The highest BCUT2D eigenvalue weighted by atomic mass is 19.1. The zero-order valence-corrected chi connectivity index (χ0v) is 15.2. The number of benzene rings is 2. The van der Waals surface area contributed by atoms with Crippen LogP contribution in [-0.2, 0) is 11.3 Å². The Hall–Kier alpha value is -2.69. The van der Waals surface area contributed by atoms with Crippen LogP contribution in [0.25, 0.3) is 0 Å². The minimum atomic E-state index is -0.470. The average Bonchev–Trinajstić information content (AvgIpc) is 3.12. The molecule has 4 rings (SSSR count). The molecule has 2 aromatic rings. The fraction of sp³-hybridized carbons (Fsp3) is 0.364. The van der Waals surface area contributed by atoms with E-state index >= 15 is 0 Å². The van der Waals surface area contributed by atoms with Gasteiger partial charge < -0.3 is 9.80 Å². The van der Waals surface area contributed by atoms with Crippen LogP contribution >= 0.6 is 0 Å². The smallest absolute Gasteiger partial charge is 0.253 e. The Labute approximate surface area is 158 Å². The fourth-order valence-corrected chi connectivity index (χ4v) is 4.30. The molecular weight excluding hydrogens is 343 g/mol.